The van der Waals surface area contributed by atoms with Crippen LogP contribution in [0.5, 0.6) is 0 Å². The van der Waals surface area contributed by atoms with Crippen LogP contribution < -0.4 is 0 Å². The van der Waals surface area contributed by atoms with Crippen molar-refractivity contribution in [3.8, 4) is 0 Å². The first-order valence-corrected chi connectivity index (χ1v) is 4.99. The van der Waals surface area contributed by atoms with Crippen LogP contribution in [0.15, 0.2) is 33.8 Å². The fourth-order valence-electron chi connectivity index (χ4n) is 1.31. The van der Waals surface area contributed by atoms with Crippen molar-refractivity contribution in [3.63, 3.8) is 0 Å². The number of halogens is 1. The minimum absolute atomic E-state index is 0.183. The normalized spacial score (nSPS) is 26.2. The molecule has 1 heterocycles. The summed E-state index contributed by atoms with van der Waals surface area (Å²) in [6, 6.07) is 0.183. The molecule has 1 aliphatic heterocycles. The second kappa shape index (κ2) is 2.98. The predicted octanol–water partition coefficient (Wildman–Crippen LogP) is 2.12. The van der Waals surface area contributed by atoms with Gasteiger partial charge in [0.25, 0.3) is 0 Å². The van der Waals surface area contributed by atoms with E-state index < -0.39 is 0 Å². The summed E-state index contributed by atoms with van der Waals surface area (Å²) in [4.78, 5) is 8.77. The molecule has 62 valence electrons. The van der Waals surface area contributed by atoms with E-state index in [2.05, 4.69) is 45.0 Å². The van der Waals surface area contributed by atoms with Gasteiger partial charge in [0.15, 0.2) is 0 Å². The largest absolute Gasteiger partial charge is 0.256 e. The molecule has 2 rings (SSSR count). The SMILES string of the molecule is CC1=C[C@H]2N=C(CBr)N=C2C=C1. The van der Waals surface area contributed by atoms with E-state index in [1.807, 2.05) is 6.08 Å². The number of allylic oxidation sites excluding steroid dienone is 2. The van der Waals surface area contributed by atoms with Crippen LogP contribution in [0.1, 0.15) is 6.92 Å². The van der Waals surface area contributed by atoms with Gasteiger partial charge in [-0.2, -0.15) is 0 Å². The Morgan fingerprint density at radius 3 is 3.08 bits per heavy atom. The lowest BCUT2D eigenvalue weighted by Gasteiger charge is -2.07. The van der Waals surface area contributed by atoms with Crippen LogP contribution in [0.2, 0.25) is 0 Å². The van der Waals surface area contributed by atoms with Crippen LogP contribution in [-0.2, 0) is 0 Å². The molecule has 0 N–H and O–H groups in total. The molecule has 2 nitrogen and oxygen atoms in total. The van der Waals surface area contributed by atoms with Crippen molar-refractivity contribution >= 4 is 27.5 Å². The summed E-state index contributed by atoms with van der Waals surface area (Å²) in [5, 5.41) is 0.744. The second-order valence-corrected chi connectivity index (χ2v) is 3.47. The summed E-state index contributed by atoms with van der Waals surface area (Å²) < 4.78 is 0. The van der Waals surface area contributed by atoms with Crippen molar-refractivity contribution in [1.82, 2.24) is 0 Å². The highest BCUT2D eigenvalue weighted by Gasteiger charge is 2.19. The van der Waals surface area contributed by atoms with E-state index in [0.29, 0.717) is 0 Å². The average molecular weight is 225 g/mol. The summed E-state index contributed by atoms with van der Waals surface area (Å²) in [6.07, 6.45) is 6.25. The fourth-order valence-corrected chi connectivity index (χ4v) is 1.59. The van der Waals surface area contributed by atoms with Crippen LogP contribution in [0.4, 0.5) is 0 Å². The first kappa shape index (κ1) is 7.92. The number of alkyl halides is 1. The molecule has 12 heavy (non-hydrogen) atoms. The van der Waals surface area contributed by atoms with Gasteiger partial charge in [-0.05, 0) is 13.0 Å². The number of fused-ring (bicyclic) bond motifs is 1. The first-order chi connectivity index (χ1) is 5.79. The van der Waals surface area contributed by atoms with Crippen molar-refractivity contribution in [2.45, 2.75) is 13.0 Å². The van der Waals surface area contributed by atoms with E-state index in [1.165, 1.54) is 5.57 Å². The number of hydrogen-bond donors (Lipinski definition) is 0. The van der Waals surface area contributed by atoms with Gasteiger partial charge < -0.3 is 0 Å². The number of rotatable bonds is 1. The lowest BCUT2D eigenvalue weighted by atomic mass is 10.0. The van der Waals surface area contributed by atoms with Crippen LogP contribution in [0.25, 0.3) is 0 Å². The number of amidine groups is 1. The average Bonchev–Trinajstić information content (AvgIpc) is 2.46. The van der Waals surface area contributed by atoms with Crippen molar-refractivity contribution in [3.05, 3.63) is 23.8 Å². The van der Waals surface area contributed by atoms with Gasteiger partial charge in [0.1, 0.15) is 11.9 Å². The summed E-state index contributed by atoms with van der Waals surface area (Å²) in [6.45, 7) is 2.08. The van der Waals surface area contributed by atoms with Gasteiger partial charge in [-0.3, -0.25) is 4.99 Å². The molecule has 0 aromatic heterocycles. The van der Waals surface area contributed by atoms with E-state index in [0.717, 1.165) is 16.9 Å². The predicted molar refractivity (Wildman–Crippen MR) is 55.3 cm³/mol. The highest BCUT2D eigenvalue weighted by Crippen LogP contribution is 2.16. The molecule has 0 aromatic rings. The van der Waals surface area contributed by atoms with Crippen LogP contribution in [0.3, 0.4) is 0 Å². The zero-order valence-electron chi connectivity index (χ0n) is 6.79. The Morgan fingerprint density at radius 1 is 1.50 bits per heavy atom. The van der Waals surface area contributed by atoms with E-state index in [9.17, 15) is 0 Å². The molecule has 0 spiro atoms. The number of aliphatic imine (C=N–C) groups is 2. The summed E-state index contributed by atoms with van der Waals surface area (Å²) in [7, 11) is 0. The standard InChI is InChI=1S/C9H9BrN2/c1-6-2-3-7-8(4-6)12-9(5-10)11-7/h2-4,8H,5H2,1H3/t8-/m1/s1. The Hall–Kier alpha value is -0.700. The zero-order valence-corrected chi connectivity index (χ0v) is 8.37. The van der Waals surface area contributed by atoms with Gasteiger partial charge in [-0.25, -0.2) is 4.99 Å². The maximum absolute atomic E-state index is 4.42. The van der Waals surface area contributed by atoms with Crippen molar-refractivity contribution in [2.75, 3.05) is 5.33 Å². The Morgan fingerprint density at radius 2 is 2.33 bits per heavy atom. The van der Waals surface area contributed by atoms with Gasteiger partial charge in [0, 0.05) is 0 Å². The van der Waals surface area contributed by atoms with Crippen LogP contribution in [-0.4, -0.2) is 22.9 Å². The lowest BCUT2D eigenvalue weighted by molar-refractivity contribution is 1.09. The number of nitrogens with zero attached hydrogens (tertiary/aromatic N) is 2. The van der Waals surface area contributed by atoms with Crippen molar-refractivity contribution < 1.29 is 0 Å². The topological polar surface area (TPSA) is 24.7 Å². The third-order valence-electron chi connectivity index (χ3n) is 1.91. The fraction of sp³-hybridized carbons (Fsp3) is 0.333. The van der Waals surface area contributed by atoms with Crippen molar-refractivity contribution in [1.29, 1.82) is 0 Å². The molecular formula is C9H9BrN2. The third-order valence-corrected chi connectivity index (χ3v) is 2.41. The van der Waals surface area contributed by atoms with E-state index >= 15 is 0 Å². The third kappa shape index (κ3) is 1.29. The molecule has 0 amide bonds. The van der Waals surface area contributed by atoms with E-state index in [4.69, 9.17) is 0 Å². The molecule has 0 fully saturated rings. The summed E-state index contributed by atoms with van der Waals surface area (Å²) >= 11 is 3.34. The van der Waals surface area contributed by atoms with E-state index in [1.54, 1.807) is 0 Å². The molecule has 0 saturated carbocycles. The van der Waals surface area contributed by atoms with E-state index in [-0.39, 0.29) is 6.04 Å². The molecule has 0 aromatic carbocycles. The van der Waals surface area contributed by atoms with Gasteiger partial charge >= 0.3 is 0 Å². The Bertz CT molecular complexity index is 323. The van der Waals surface area contributed by atoms with Crippen LogP contribution in [0, 0.1) is 0 Å². The molecule has 1 aliphatic carbocycles. The smallest absolute Gasteiger partial charge is 0.135 e. The Balaban J connectivity index is 2.31. The molecule has 1 atom stereocenters. The molecular weight excluding hydrogens is 216 g/mol. The second-order valence-electron chi connectivity index (χ2n) is 2.90. The van der Waals surface area contributed by atoms with Gasteiger partial charge in [-0.1, -0.05) is 33.7 Å². The zero-order chi connectivity index (χ0) is 8.55. The quantitative estimate of drug-likeness (QED) is 0.610. The minimum atomic E-state index is 0.183. The first-order valence-electron chi connectivity index (χ1n) is 3.87. The molecule has 3 heteroatoms. The monoisotopic (exact) mass is 224 g/mol. The molecule has 0 radical (unpaired) electrons. The summed E-state index contributed by atoms with van der Waals surface area (Å²) in [5.74, 6) is 0.894. The van der Waals surface area contributed by atoms with Gasteiger partial charge in [0.05, 0.1) is 11.0 Å². The lowest BCUT2D eigenvalue weighted by Crippen LogP contribution is -2.12. The van der Waals surface area contributed by atoms with Crippen LogP contribution >= 0.6 is 15.9 Å². The van der Waals surface area contributed by atoms with Gasteiger partial charge in [0.2, 0.25) is 0 Å². The molecule has 0 bridgehead atoms. The van der Waals surface area contributed by atoms with Crippen molar-refractivity contribution in [2.24, 2.45) is 9.98 Å². The maximum Gasteiger partial charge on any atom is 0.135 e. The molecule has 2 aliphatic rings. The highest BCUT2D eigenvalue weighted by atomic mass is 79.9. The molecule has 0 saturated heterocycles. The maximum atomic E-state index is 4.42. The molecule has 0 unspecified atom stereocenters. The van der Waals surface area contributed by atoms with Gasteiger partial charge in [-0.15, -0.1) is 0 Å². The Labute approximate surface area is 79.9 Å². The minimum Gasteiger partial charge on any atom is -0.256 e. The Kier molecular flexibility index (Phi) is 1.97. The highest BCUT2D eigenvalue weighted by molar-refractivity contribution is 9.09. The summed E-state index contributed by atoms with van der Waals surface area (Å²) in [5.41, 5.74) is 2.33. The number of hydrogen-bond acceptors (Lipinski definition) is 2.